The Labute approximate surface area is 195 Å². The average molecular weight is 550 g/mol. The van der Waals surface area contributed by atoms with Crippen LogP contribution in [-0.2, 0) is 0 Å². The Morgan fingerprint density at radius 3 is 2.52 bits per heavy atom. The Kier molecular flexibility index (Phi) is 6.73. The number of nitrogens with zero attached hydrogens (tertiary/aromatic N) is 4. The lowest BCUT2D eigenvalue weighted by Crippen LogP contribution is -2.33. The molecule has 1 aliphatic rings. The molecule has 12 heteroatoms. The third kappa shape index (κ3) is 4.04. The number of aliphatic imine (C=N–C) groups is 1. The summed E-state index contributed by atoms with van der Waals surface area (Å²) < 4.78 is 12.8. The highest BCUT2D eigenvalue weighted by molar-refractivity contribution is 9.13. The zero-order valence-electron chi connectivity index (χ0n) is 16.6. The fraction of sp³-hybridized carbons (Fsp3) is 0.263. The maximum Gasteiger partial charge on any atom is 0.211 e. The second-order valence-electron chi connectivity index (χ2n) is 6.19. The second-order valence-corrected chi connectivity index (χ2v) is 7.77. The maximum absolute atomic E-state index is 9.49. The van der Waals surface area contributed by atoms with Crippen LogP contribution in [0.15, 0.2) is 20.0 Å². The summed E-state index contributed by atoms with van der Waals surface area (Å²) in [5, 5.41) is 23.9. The molecule has 0 aliphatic carbocycles. The molecule has 1 aromatic heterocycles. The van der Waals surface area contributed by atoms with Gasteiger partial charge in [0.05, 0.1) is 23.4 Å². The van der Waals surface area contributed by atoms with E-state index < -0.39 is 6.04 Å². The van der Waals surface area contributed by atoms with Gasteiger partial charge in [0.1, 0.15) is 29.3 Å². The van der Waals surface area contributed by atoms with Crippen LogP contribution in [0.5, 0.6) is 11.5 Å². The van der Waals surface area contributed by atoms with E-state index in [0.717, 1.165) is 0 Å². The van der Waals surface area contributed by atoms with Crippen LogP contribution in [0.1, 0.15) is 36.6 Å². The SMILES string of the molecule is CCOc1cc(C2N=C(NC#N)Nc3nc(N)c(C#N)c(N)c32)c(Br)c(Br)c1OCC. The molecule has 3 rings (SSSR count). The summed E-state index contributed by atoms with van der Waals surface area (Å²) in [5.74, 6) is 1.47. The van der Waals surface area contributed by atoms with E-state index in [4.69, 9.17) is 26.2 Å². The molecule has 1 aromatic carbocycles. The number of hydrogen-bond acceptors (Lipinski definition) is 10. The van der Waals surface area contributed by atoms with E-state index in [0.29, 0.717) is 50.6 Å². The Morgan fingerprint density at radius 2 is 1.90 bits per heavy atom. The van der Waals surface area contributed by atoms with Crippen molar-refractivity contribution >= 4 is 55.1 Å². The standard InChI is InChI=1S/C19H18Br2N8O2/c1-3-30-10-5-8(12(20)13(21)16(10)31-4-2)15-11-14(24)9(6-22)17(25)28-18(11)29-19(27-15)26-7-23/h5,15H,3-4H2,1-2H3,(H6,24,25,26,27,28,29). The van der Waals surface area contributed by atoms with Crippen LogP contribution in [0, 0.1) is 22.8 Å². The van der Waals surface area contributed by atoms with Gasteiger partial charge in [-0.25, -0.2) is 9.98 Å². The van der Waals surface area contributed by atoms with Gasteiger partial charge in [-0.2, -0.15) is 10.5 Å². The number of guanidine groups is 1. The maximum atomic E-state index is 9.49. The summed E-state index contributed by atoms with van der Waals surface area (Å²) in [7, 11) is 0. The van der Waals surface area contributed by atoms with E-state index in [1.54, 1.807) is 6.07 Å². The van der Waals surface area contributed by atoms with Crippen molar-refractivity contribution in [3.05, 3.63) is 31.7 Å². The quantitative estimate of drug-likeness (QED) is 0.322. The predicted octanol–water partition coefficient (Wildman–Crippen LogP) is 3.38. The third-order valence-electron chi connectivity index (χ3n) is 4.40. The van der Waals surface area contributed by atoms with Crippen molar-refractivity contribution in [1.82, 2.24) is 10.3 Å². The number of benzene rings is 1. The molecule has 0 radical (unpaired) electrons. The van der Waals surface area contributed by atoms with Gasteiger partial charge in [-0.15, -0.1) is 0 Å². The van der Waals surface area contributed by atoms with Crippen LogP contribution in [-0.4, -0.2) is 24.2 Å². The van der Waals surface area contributed by atoms with Crippen LogP contribution >= 0.6 is 31.9 Å². The summed E-state index contributed by atoms with van der Waals surface area (Å²) in [6.07, 6.45) is 1.82. The number of ether oxygens (including phenoxy) is 2. The minimum Gasteiger partial charge on any atom is -0.490 e. The van der Waals surface area contributed by atoms with Crippen LogP contribution in [0.2, 0.25) is 0 Å². The highest BCUT2D eigenvalue weighted by Crippen LogP contribution is 2.49. The number of rotatable bonds is 5. The first kappa shape index (κ1) is 22.5. The van der Waals surface area contributed by atoms with Gasteiger partial charge in [-0.1, -0.05) is 0 Å². The minimum atomic E-state index is -0.729. The first-order valence-corrected chi connectivity index (χ1v) is 10.7. The molecule has 1 unspecified atom stereocenters. The zero-order valence-corrected chi connectivity index (χ0v) is 19.8. The Morgan fingerprint density at radius 1 is 1.19 bits per heavy atom. The van der Waals surface area contributed by atoms with E-state index >= 15 is 0 Å². The largest absolute Gasteiger partial charge is 0.490 e. The lowest BCUT2D eigenvalue weighted by atomic mass is 9.95. The van der Waals surface area contributed by atoms with Gasteiger partial charge in [-0.05, 0) is 51.8 Å². The van der Waals surface area contributed by atoms with Gasteiger partial charge in [0.25, 0.3) is 0 Å². The molecule has 31 heavy (non-hydrogen) atoms. The van der Waals surface area contributed by atoms with Gasteiger partial charge < -0.3 is 26.3 Å². The second kappa shape index (κ2) is 9.29. The highest BCUT2D eigenvalue weighted by atomic mass is 79.9. The number of nitrogens with one attached hydrogen (secondary N) is 2. The molecule has 0 bridgehead atoms. The van der Waals surface area contributed by atoms with E-state index in [-0.39, 0.29) is 23.0 Å². The summed E-state index contributed by atoms with van der Waals surface area (Å²) >= 11 is 7.16. The number of anilines is 3. The molecule has 1 atom stereocenters. The van der Waals surface area contributed by atoms with E-state index in [2.05, 4.69) is 52.5 Å². The van der Waals surface area contributed by atoms with Gasteiger partial charge >= 0.3 is 0 Å². The summed E-state index contributed by atoms with van der Waals surface area (Å²) in [6.45, 7) is 4.59. The van der Waals surface area contributed by atoms with Crippen molar-refractivity contribution in [2.75, 3.05) is 30.0 Å². The first-order valence-electron chi connectivity index (χ1n) is 9.14. The summed E-state index contributed by atoms with van der Waals surface area (Å²) in [5.41, 5.74) is 13.5. The number of hydrogen-bond donors (Lipinski definition) is 4. The van der Waals surface area contributed by atoms with Crippen LogP contribution in [0.3, 0.4) is 0 Å². The topological polar surface area (TPSA) is 167 Å². The third-order valence-corrected chi connectivity index (χ3v) is 6.54. The van der Waals surface area contributed by atoms with Gasteiger partial charge in [0, 0.05) is 15.6 Å². The normalized spacial score (nSPS) is 14.4. The molecule has 0 saturated carbocycles. The van der Waals surface area contributed by atoms with Crippen molar-refractivity contribution in [3.63, 3.8) is 0 Å². The van der Waals surface area contributed by atoms with Crippen molar-refractivity contribution in [1.29, 1.82) is 10.5 Å². The van der Waals surface area contributed by atoms with Crippen molar-refractivity contribution in [3.8, 4) is 23.8 Å². The van der Waals surface area contributed by atoms with Crippen molar-refractivity contribution in [2.24, 2.45) is 4.99 Å². The van der Waals surface area contributed by atoms with E-state index in [1.807, 2.05) is 26.1 Å². The molecule has 0 spiro atoms. The molecule has 6 N–H and O–H groups in total. The van der Waals surface area contributed by atoms with E-state index in [9.17, 15) is 5.26 Å². The number of fused-ring (bicyclic) bond motifs is 1. The van der Waals surface area contributed by atoms with E-state index in [1.165, 1.54) is 0 Å². The number of nitrogen functional groups attached to an aromatic ring is 2. The zero-order chi connectivity index (χ0) is 22.7. The molecule has 160 valence electrons. The molecule has 0 amide bonds. The lowest BCUT2D eigenvalue weighted by molar-refractivity contribution is 0.285. The number of pyridine rings is 1. The first-order chi connectivity index (χ1) is 14.9. The summed E-state index contributed by atoms with van der Waals surface area (Å²) in [6, 6.07) is 3.03. The average Bonchev–Trinajstić information content (AvgIpc) is 2.73. The monoisotopic (exact) mass is 548 g/mol. The van der Waals surface area contributed by atoms with Crippen LogP contribution in [0.25, 0.3) is 0 Å². The smallest absolute Gasteiger partial charge is 0.211 e. The Bertz CT molecular complexity index is 1150. The fourth-order valence-corrected chi connectivity index (χ4v) is 4.20. The Hall–Kier alpha value is -3.22. The van der Waals surface area contributed by atoms with Gasteiger partial charge in [0.2, 0.25) is 5.96 Å². The molecular weight excluding hydrogens is 532 g/mol. The minimum absolute atomic E-state index is 0.0230. The highest BCUT2D eigenvalue weighted by Gasteiger charge is 2.32. The van der Waals surface area contributed by atoms with Crippen molar-refractivity contribution in [2.45, 2.75) is 19.9 Å². The fourth-order valence-electron chi connectivity index (χ4n) is 3.15. The summed E-state index contributed by atoms with van der Waals surface area (Å²) in [4.78, 5) is 8.84. The van der Waals surface area contributed by atoms with Gasteiger partial charge in [0.15, 0.2) is 17.7 Å². The lowest BCUT2D eigenvalue weighted by Gasteiger charge is -2.27. The van der Waals surface area contributed by atoms with Crippen LogP contribution < -0.4 is 31.6 Å². The Balaban J connectivity index is 2.32. The molecule has 1 aliphatic heterocycles. The van der Waals surface area contributed by atoms with Crippen molar-refractivity contribution < 1.29 is 9.47 Å². The number of halogens is 2. The molecule has 2 aromatic rings. The molecular formula is C19H18Br2N8O2. The van der Waals surface area contributed by atoms with Gasteiger partial charge in [-0.3, -0.25) is 5.32 Å². The number of aromatic nitrogens is 1. The van der Waals surface area contributed by atoms with Crippen LogP contribution in [0.4, 0.5) is 17.3 Å². The number of nitriles is 2. The molecule has 10 nitrogen and oxygen atoms in total. The molecule has 0 fully saturated rings. The molecule has 2 heterocycles. The number of nitrogens with two attached hydrogens (primary N) is 2. The predicted molar refractivity (Wildman–Crippen MR) is 124 cm³/mol. The molecule has 0 saturated heterocycles.